The largest absolute Gasteiger partial charge is 0.395 e. The number of sulfonamides is 1. The van der Waals surface area contributed by atoms with E-state index < -0.39 is 16.1 Å². The molecule has 0 aliphatic rings. The average Bonchev–Trinajstić information content (AvgIpc) is 2.38. The van der Waals surface area contributed by atoms with Crippen molar-refractivity contribution in [1.29, 1.82) is 0 Å². The summed E-state index contributed by atoms with van der Waals surface area (Å²) in [6, 6.07) is 6.49. The van der Waals surface area contributed by atoms with Crippen molar-refractivity contribution in [2.75, 3.05) is 6.61 Å². The summed E-state index contributed by atoms with van der Waals surface area (Å²) in [6.07, 6.45) is 2.59. The first-order valence-corrected chi connectivity index (χ1v) is 8.59. The number of rotatable bonds is 8. The van der Waals surface area contributed by atoms with E-state index in [0.29, 0.717) is 12.3 Å². The van der Waals surface area contributed by atoms with Crippen molar-refractivity contribution < 1.29 is 13.5 Å². The Hall–Kier alpha value is -0.910. The van der Waals surface area contributed by atoms with Gasteiger partial charge in [-0.05, 0) is 36.5 Å². The molecule has 2 N–H and O–H groups in total. The lowest BCUT2D eigenvalue weighted by molar-refractivity contribution is 0.240. The number of aliphatic hydroxyl groups is 1. The van der Waals surface area contributed by atoms with Crippen LogP contribution in [0.5, 0.6) is 0 Å². The van der Waals surface area contributed by atoms with Crippen molar-refractivity contribution in [1.82, 2.24) is 4.72 Å². The zero-order chi connectivity index (χ0) is 15.2. The fourth-order valence-corrected chi connectivity index (χ4v) is 3.38. The minimum atomic E-state index is -3.56. The van der Waals surface area contributed by atoms with Crippen LogP contribution >= 0.6 is 0 Å². The summed E-state index contributed by atoms with van der Waals surface area (Å²) in [7, 11) is -3.56. The molecule has 0 heterocycles. The highest BCUT2D eigenvalue weighted by Crippen LogP contribution is 2.14. The Morgan fingerprint density at radius 1 is 1.20 bits per heavy atom. The lowest BCUT2D eigenvalue weighted by Gasteiger charge is -2.18. The van der Waals surface area contributed by atoms with E-state index in [-0.39, 0.29) is 11.5 Å². The van der Waals surface area contributed by atoms with Crippen LogP contribution in [0.25, 0.3) is 0 Å². The SMILES string of the molecule is CCCc1ccc(S(=O)(=O)NC(CO)CC(C)C)cc1. The molecule has 1 aromatic carbocycles. The molecular formula is C15H25NO3S. The molecule has 0 amide bonds. The van der Waals surface area contributed by atoms with Gasteiger partial charge in [0.2, 0.25) is 10.0 Å². The second kappa shape index (κ2) is 7.76. The molecule has 1 unspecified atom stereocenters. The quantitative estimate of drug-likeness (QED) is 0.774. The molecule has 1 aromatic rings. The van der Waals surface area contributed by atoms with E-state index in [4.69, 9.17) is 0 Å². The number of nitrogens with one attached hydrogen (secondary N) is 1. The van der Waals surface area contributed by atoms with Crippen molar-refractivity contribution >= 4 is 10.0 Å². The minimum Gasteiger partial charge on any atom is -0.395 e. The van der Waals surface area contributed by atoms with Gasteiger partial charge in [0, 0.05) is 6.04 Å². The summed E-state index contributed by atoms with van der Waals surface area (Å²) >= 11 is 0. The molecule has 5 heteroatoms. The van der Waals surface area contributed by atoms with Crippen LogP contribution in [0.4, 0.5) is 0 Å². The van der Waals surface area contributed by atoms with E-state index in [1.54, 1.807) is 12.1 Å². The van der Waals surface area contributed by atoms with E-state index in [1.165, 1.54) is 0 Å². The topological polar surface area (TPSA) is 66.4 Å². The molecule has 0 fully saturated rings. The monoisotopic (exact) mass is 299 g/mol. The van der Waals surface area contributed by atoms with Crippen LogP contribution < -0.4 is 4.72 Å². The van der Waals surface area contributed by atoms with Gasteiger partial charge in [-0.25, -0.2) is 13.1 Å². The lowest BCUT2D eigenvalue weighted by atomic mass is 10.1. The Morgan fingerprint density at radius 3 is 2.25 bits per heavy atom. The van der Waals surface area contributed by atoms with E-state index in [0.717, 1.165) is 18.4 Å². The van der Waals surface area contributed by atoms with Crippen LogP contribution in [0.1, 0.15) is 39.2 Å². The number of hydrogen-bond donors (Lipinski definition) is 2. The van der Waals surface area contributed by atoms with Crippen LogP contribution in [0.3, 0.4) is 0 Å². The van der Waals surface area contributed by atoms with Gasteiger partial charge in [-0.3, -0.25) is 0 Å². The van der Waals surface area contributed by atoms with Gasteiger partial charge >= 0.3 is 0 Å². The molecular weight excluding hydrogens is 274 g/mol. The molecule has 0 aromatic heterocycles. The fourth-order valence-electron chi connectivity index (χ4n) is 2.14. The second-order valence-electron chi connectivity index (χ2n) is 5.52. The second-order valence-corrected chi connectivity index (χ2v) is 7.24. The number of aliphatic hydroxyl groups excluding tert-OH is 1. The third kappa shape index (κ3) is 5.23. The molecule has 20 heavy (non-hydrogen) atoms. The van der Waals surface area contributed by atoms with Crippen LogP contribution in [0.2, 0.25) is 0 Å². The van der Waals surface area contributed by atoms with Crippen LogP contribution in [0.15, 0.2) is 29.2 Å². The Labute approximate surface area is 122 Å². The Kier molecular flexibility index (Phi) is 6.65. The molecule has 0 saturated carbocycles. The Balaban J connectivity index is 2.81. The molecule has 0 aliphatic carbocycles. The van der Waals surface area contributed by atoms with Crippen molar-refractivity contribution in [3.05, 3.63) is 29.8 Å². The molecule has 0 aliphatic heterocycles. The van der Waals surface area contributed by atoms with Crippen LogP contribution in [-0.2, 0) is 16.4 Å². The first-order valence-electron chi connectivity index (χ1n) is 7.11. The maximum Gasteiger partial charge on any atom is 0.240 e. The maximum absolute atomic E-state index is 12.2. The highest BCUT2D eigenvalue weighted by molar-refractivity contribution is 7.89. The molecule has 1 rings (SSSR count). The lowest BCUT2D eigenvalue weighted by Crippen LogP contribution is -2.38. The summed E-state index contributed by atoms with van der Waals surface area (Å²) in [5.74, 6) is 0.321. The van der Waals surface area contributed by atoms with Gasteiger partial charge in [-0.1, -0.05) is 39.3 Å². The minimum absolute atomic E-state index is 0.189. The van der Waals surface area contributed by atoms with Crippen molar-refractivity contribution in [3.8, 4) is 0 Å². The molecule has 114 valence electrons. The third-order valence-electron chi connectivity index (χ3n) is 3.07. The highest BCUT2D eigenvalue weighted by atomic mass is 32.2. The Morgan fingerprint density at radius 2 is 1.80 bits per heavy atom. The van der Waals surface area contributed by atoms with E-state index in [9.17, 15) is 13.5 Å². The number of hydrogen-bond acceptors (Lipinski definition) is 3. The predicted molar refractivity (Wildman–Crippen MR) is 81.1 cm³/mol. The van der Waals surface area contributed by atoms with E-state index >= 15 is 0 Å². The van der Waals surface area contributed by atoms with Crippen molar-refractivity contribution in [3.63, 3.8) is 0 Å². The zero-order valence-corrected chi connectivity index (χ0v) is 13.3. The first kappa shape index (κ1) is 17.1. The first-order chi connectivity index (χ1) is 9.39. The van der Waals surface area contributed by atoms with Gasteiger partial charge in [-0.2, -0.15) is 0 Å². The summed E-state index contributed by atoms with van der Waals surface area (Å²) in [4.78, 5) is 0.250. The maximum atomic E-state index is 12.2. The molecule has 4 nitrogen and oxygen atoms in total. The van der Waals surface area contributed by atoms with Crippen LogP contribution in [0, 0.1) is 5.92 Å². The molecule has 0 spiro atoms. The fraction of sp³-hybridized carbons (Fsp3) is 0.600. The van der Waals surface area contributed by atoms with Gasteiger partial charge in [0.05, 0.1) is 11.5 Å². The summed E-state index contributed by atoms with van der Waals surface area (Å²) in [5, 5.41) is 9.27. The zero-order valence-electron chi connectivity index (χ0n) is 12.5. The number of aryl methyl sites for hydroxylation is 1. The molecule has 0 saturated heterocycles. The van der Waals surface area contributed by atoms with Gasteiger partial charge in [0.15, 0.2) is 0 Å². The van der Waals surface area contributed by atoms with Crippen LogP contribution in [-0.4, -0.2) is 26.2 Å². The molecule has 1 atom stereocenters. The van der Waals surface area contributed by atoms with Gasteiger partial charge < -0.3 is 5.11 Å². The summed E-state index contributed by atoms with van der Waals surface area (Å²) < 4.78 is 27.0. The standard InChI is InChI=1S/C15H25NO3S/c1-4-5-13-6-8-15(9-7-13)20(18,19)16-14(11-17)10-12(2)3/h6-9,12,14,16-17H,4-5,10-11H2,1-3H3. The van der Waals surface area contributed by atoms with E-state index in [2.05, 4.69) is 11.6 Å². The summed E-state index contributed by atoms with van der Waals surface area (Å²) in [5.41, 5.74) is 1.13. The van der Waals surface area contributed by atoms with E-state index in [1.807, 2.05) is 26.0 Å². The molecule has 0 radical (unpaired) electrons. The van der Waals surface area contributed by atoms with Gasteiger partial charge in [0.25, 0.3) is 0 Å². The van der Waals surface area contributed by atoms with Gasteiger partial charge in [0.1, 0.15) is 0 Å². The molecule has 0 bridgehead atoms. The average molecular weight is 299 g/mol. The third-order valence-corrected chi connectivity index (χ3v) is 4.61. The predicted octanol–water partition coefficient (Wildman–Crippen LogP) is 2.32. The normalized spacial score (nSPS) is 13.7. The van der Waals surface area contributed by atoms with Crippen molar-refractivity contribution in [2.24, 2.45) is 5.92 Å². The number of benzene rings is 1. The highest BCUT2D eigenvalue weighted by Gasteiger charge is 2.20. The summed E-state index contributed by atoms with van der Waals surface area (Å²) in [6.45, 7) is 5.89. The Bertz CT molecular complexity index is 494. The van der Waals surface area contributed by atoms with Crippen molar-refractivity contribution in [2.45, 2.75) is 51.0 Å². The van der Waals surface area contributed by atoms with Gasteiger partial charge in [-0.15, -0.1) is 0 Å². The smallest absolute Gasteiger partial charge is 0.240 e.